The van der Waals surface area contributed by atoms with Crippen molar-refractivity contribution < 1.29 is 4.79 Å². The van der Waals surface area contributed by atoms with E-state index in [1.54, 1.807) is 0 Å². The Morgan fingerprint density at radius 2 is 2.24 bits per heavy atom. The van der Waals surface area contributed by atoms with Crippen LogP contribution in [0.5, 0.6) is 0 Å². The van der Waals surface area contributed by atoms with Gasteiger partial charge in [0.15, 0.2) is 0 Å². The van der Waals surface area contributed by atoms with E-state index in [-0.39, 0.29) is 24.2 Å². The summed E-state index contributed by atoms with van der Waals surface area (Å²) in [5.41, 5.74) is 1.11. The highest BCUT2D eigenvalue weighted by Gasteiger charge is 2.21. The van der Waals surface area contributed by atoms with Crippen LogP contribution in [0.1, 0.15) is 12.0 Å². The van der Waals surface area contributed by atoms with E-state index in [9.17, 15) is 4.79 Å². The van der Waals surface area contributed by atoms with Gasteiger partial charge in [0.25, 0.3) is 0 Å². The normalized spacial score (nSPS) is 18.5. The molecule has 94 valence electrons. The minimum atomic E-state index is 0. The van der Waals surface area contributed by atoms with Crippen molar-refractivity contribution in [3.63, 3.8) is 0 Å². The van der Waals surface area contributed by atoms with Gasteiger partial charge in [0.2, 0.25) is 5.91 Å². The minimum absolute atomic E-state index is 0. The first-order chi connectivity index (χ1) is 7.77. The Labute approximate surface area is 116 Å². The van der Waals surface area contributed by atoms with Gasteiger partial charge in [-0.25, -0.2) is 0 Å². The molecule has 0 spiro atoms. The van der Waals surface area contributed by atoms with E-state index in [1.807, 2.05) is 24.3 Å². The Bertz CT molecular complexity index is 381. The second-order valence-electron chi connectivity index (χ2n) is 4.00. The lowest BCUT2D eigenvalue weighted by Gasteiger charge is -2.10. The molecule has 1 fully saturated rings. The molecular weight excluding hydrogens is 304 g/mol. The van der Waals surface area contributed by atoms with Crippen molar-refractivity contribution in [1.82, 2.24) is 10.6 Å². The SMILES string of the molecule is Cl.O=C(NCc1ccccc1Br)C1CCNC1. The van der Waals surface area contributed by atoms with E-state index < -0.39 is 0 Å². The number of rotatable bonds is 3. The van der Waals surface area contributed by atoms with Gasteiger partial charge in [-0.2, -0.15) is 0 Å². The monoisotopic (exact) mass is 318 g/mol. The van der Waals surface area contributed by atoms with Crippen LogP contribution in [0.2, 0.25) is 0 Å². The molecule has 17 heavy (non-hydrogen) atoms. The van der Waals surface area contributed by atoms with Gasteiger partial charge >= 0.3 is 0 Å². The molecule has 1 aliphatic rings. The van der Waals surface area contributed by atoms with Crippen molar-refractivity contribution in [2.75, 3.05) is 13.1 Å². The number of halogens is 2. The first-order valence-electron chi connectivity index (χ1n) is 5.49. The van der Waals surface area contributed by atoms with Crippen LogP contribution in [0, 0.1) is 5.92 Å². The Morgan fingerprint density at radius 1 is 1.47 bits per heavy atom. The number of carbonyl (C=O) groups excluding carboxylic acids is 1. The molecule has 2 rings (SSSR count). The molecule has 1 atom stereocenters. The molecule has 5 heteroatoms. The van der Waals surface area contributed by atoms with Gasteiger partial charge in [-0.05, 0) is 24.6 Å². The lowest BCUT2D eigenvalue weighted by Crippen LogP contribution is -2.31. The lowest BCUT2D eigenvalue weighted by atomic mass is 10.1. The number of hydrogen-bond donors (Lipinski definition) is 2. The third-order valence-corrected chi connectivity index (χ3v) is 3.62. The molecule has 1 aromatic rings. The molecule has 0 aromatic heterocycles. The highest BCUT2D eigenvalue weighted by atomic mass is 79.9. The molecule has 2 N–H and O–H groups in total. The number of hydrogen-bond acceptors (Lipinski definition) is 2. The van der Waals surface area contributed by atoms with Crippen LogP contribution in [-0.4, -0.2) is 19.0 Å². The summed E-state index contributed by atoms with van der Waals surface area (Å²) in [6.45, 7) is 2.35. The topological polar surface area (TPSA) is 41.1 Å². The summed E-state index contributed by atoms with van der Waals surface area (Å²) < 4.78 is 1.04. The molecule has 0 bridgehead atoms. The van der Waals surface area contributed by atoms with Gasteiger partial charge in [0, 0.05) is 17.6 Å². The molecule has 1 aromatic carbocycles. The fourth-order valence-corrected chi connectivity index (χ4v) is 2.27. The molecule has 3 nitrogen and oxygen atoms in total. The zero-order chi connectivity index (χ0) is 11.4. The predicted octanol–water partition coefficient (Wildman–Crippen LogP) is 2.10. The molecule has 1 amide bonds. The van der Waals surface area contributed by atoms with Gasteiger partial charge in [0.1, 0.15) is 0 Å². The summed E-state index contributed by atoms with van der Waals surface area (Å²) in [6, 6.07) is 7.94. The Balaban J connectivity index is 0.00000144. The third-order valence-electron chi connectivity index (χ3n) is 2.84. The maximum Gasteiger partial charge on any atom is 0.224 e. The fourth-order valence-electron chi connectivity index (χ4n) is 1.85. The van der Waals surface area contributed by atoms with Crippen molar-refractivity contribution >= 4 is 34.2 Å². The summed E-state index contributed by atoms with van der Waals surface area (Å²) in [6.07, 6.45) is 0.946. The number of nitrogens with one attached hydrogen (secondary N) is 2. The molecule has 1 unspecified atom stereocenters. The largest absolute Gasteiger partial charge is 0.352 e. The first kappa shape index (κ1) is 14.5. The summed E-state index contributed by atoms with van der Waals surface area (Å²) >= 11 is 3.47. The van der Waals surface area contributed by atoms with Crippen LogP contribution in [0.3, 0.4) is 0 Å². The quantitative estimate of drug-likeness (QED) is 0.896. The standard InChI is InChI=1S/C12H15BrN2O.ClH/c13-11-4-2-1-3-9(11)8-15-12(16)10-5-6-14-7-10;/h1-4,10,14H,5-8H2,(H,15,16);1H. The van der Waals surface area contributed by atoms with Crippen molar-refractivity contribution in [2.24, 2.45) is 5.92 Å². The highest BCUT2D eigenvalue weighted by Crippen LogP contribution is 2.15. The average molecular weight is 320 g/mol. The predicted molar refractivity (Wildman–Crippen MR) is 74.2 cm³/mol. The van der Waals surface area contributed by atoms with Gasteiger partial charge in [-0.3, -0.25) is 4.79 Å². The molecular formula is C12H16BrClN2O. The maximum absolute atomic E-state index is 11.8. The van der Waals surface area contributed by atoms with Crippen LogP contribution in [0.15, 0.2) is 28.7 Å². The van der Waals surface area contributed by atoms with E-state index in [1.165, 1.54) is 0 Å². The van der Waals surface area contributed by atoms with Crippen molar-refractivity contribution in [2.45, 2.75) is 13.0 Å². The Hall–Kier alpha value is -0.580. The average Bonchev–Trinajstić information content (AvgIpc) is 2.81. The van der Waals surface area contributed by atoms with E-state index in [4.69, 9.17) is 0 Å². The van der Waals surface area contributed by atoms with Crippen LogP contribution >= 0.6 is 28.3 Å². The molecule has 0 aliphatic carbocycles. The number of carbonyl (C=O) groups is 1. The highest BCUT2D eigenvalue weighted by molar-refractivity contribution is 9.10. The second-order valence-corrected chi connectivity index (χ2v) is 4.85. The smallest absolute Gasteiger partial charge is 0.224 e. The molecule has 1 aliphatic heterocycles. The van der Waals surface area contributed by atoms with Crippen LogP contribution in [-0.2, 0) is 11.3 Å². The van der Waals surface area contributed by atoms with E-state index in [2.05, 4.69) is 26.6 Å². The molecule has 0 radical (unpaired) electrons. The van der Waals surface area contributed by atoms with E-state index in [0.717, 1.165) is 29.5 Å². The Morgan fingerprint density at radius 3 is 2.88 bits per heavy atom. The van der Waals surface area contributed by atoms with Crippen molar-refractivity contribution in [3.05, 3.63) is 34.3 Å². The van der Waals surface area contributed by atoms with Gasteiger partial charge in [-0.15, -0.1) is 12.4 Å². The number of benzene rings is 1. The minimum Gasteiger partial charge on any atom is -0.352 e. The second kappa shape index (κ2) is 6.99. The van der Waals surface area contributed by atoms with Gasteiger partial charge in [-0.1, -0.05) is 34.1 Å². The first-order valence-corrected chi connectivity index (χ1v) is 6.28. The molecule has 0 saturated carbocycles. The number of amides is 1. The molecule has 1 heterocycles. The fraction of sp³-hybridized carbons (Fsp3) is 0.417. The van der Waals surface area contributed by atoms with Crippen molar-refractivity contribution in [3.8, 4) is 0 Å². The van der Waals surface area contributed by atoms with Crippen molar-refractivity contribution in [1.29, 1.82) is 0 Å². The third kappa shape index (κ3) is 3.98. The zero-order valence-corrected chi connectivity index (χ0v) is 11.8. The van der Waals surface area contributed by atoms with Crippen LogP contribution < -0.4 is 10.6 Å². The van der Waals surface area contributed by atoms with Crippen LogP contribution in [0.4, 0.5) is 0 Å². The summed E-state index contributed by atoms with van der Waals surface area (Å²) in [5.74, 6) is 0.295. The summed E-state index contributed by atoms with van der Waals surface area (Å²) in [5, 5.41) is 6.17. The zero-order valence-electron chi connectivity index (χ0n) is 9.41. The summed E-state index contributed by atoms with van der Waals surface area (Å²) in [7, 11) is 0. The summed E-state index contributed by atoms with van der Waals surface area (Å²) in [4.78, 5) is 11.8. The van der Waals surface area contributed by atoms with Gasteiger partial charge < -0.3 is 10.6 Å². The van der Waals surface area contributed by atoms with Gasteiger partial charge in [0.05, 0.1) is 5.92 Å². The molecule has 1 saturated heterocycles. The van der Waals surface area contributed by atoms with E-state index >= 15 is 0 Å². The maximum atomic E-state index is 11.8. The van der Waals surface area contributed by atoms with E-state index in [0.29, 0.717) is 6.54 Å². The lowest BCUT2D eigenvalue weighted by molar-refractivity contribution is -0.124. The van der Waals surface area contributed by atoms with Crippen LogP contribution in [0.25, 0.3) is 0 Å². The Kier molecular flexibility index (Phi) is 5.95.